The molecule has 0 saturated heterocycles. The number of carbonyl (C=O) groups excluding carboxylic acids is 1. The molecule has 3 aromatic rings. The molecule has 0 aliphatic carbocycles. The Balaban J connectivity index is 1.59. The predicted octanol–water partition coefficient (Wildman–Crippen LogP) is 2.94. The first kappa shape index (κ1) is 18.3. The van der Waals surface area contributed by atoms with E-state index in [0.717, 1.165) is 23.4 Å². The van der Waals surface area contributed by atoms with E-state index >= 15 is 0 Å². The van der Waals surface area contributed by atoms with Gasteiger partial charge >= 0.3 is 0 Å². The van der Waals surface area contributed by atoms with E-state index < -0.39 is 0 Å². The van der Waals surface area contributed by atoms with Crippen molar-refractivity contribution in [3.63, 3.8) is 0 Å². The van der Waals surface area contributed by atoms with Crippen molar-refractivity contribution in [3.8, 4) is 5.75 Å². The van der Waals surface area contributed by atoms with Gasteiger partial charge in [-0.3, -0.25) is 9.78 Å². The number of carbonyl (C=O) groups is 1. The summed E-state index contributed by atoms with van der Waals surface area (Å²) in [5.41, 5.74) is 2.39. The third-order valence-corrected chi connectivity index (χ3v) is 4.06. The van der Waals surface area contributed by atoms with Gasteiger partial charge in [-0.1, -0.05) is 6.07 Å². The number of nitrogens with zero attached hydrogens (tertiary/aromatic N) is 4. The van der Waals surface area contributed by atoms with Crippen LogP contribution in [0.5, 0.6) is 5.75 Å². The molecule has 0 unspecified atom stereocenters. The number of hydrogen-bond donors (Lipinski definition) is 1. The summed E-state index contributed by atoms with van der Waals surface area (Å²) in [5, 5.41) is 3.09. The van der Waals surface area contributed by atoms with Crippen LogP contribution in [0.4, 0.5) is 11.6 Å². The van der Waals surface area contributed by atoms with Gasteiger partial charge in [-0.25, -0.2) is 9.97 Å². The maximum atomic E-state index is 12.5. The van der Waals surface area contributed by atoms with E-state index in [4.69, 9.17) is 4.74 Å². The molecule has 0 atom stereocenters. The number of hydrogen-bond acceptors (Lipinski definition) is 6. The molecule has 7 heteroatoms. The lowest BCUT2D eigenvalue weighted by Crippen LogP contribution is -2.29. The summed E-state index contributed by atoms with van der Waals surface area (Å²) in [6, 6.07) is 11.3. The number of amides is 1. The standard InChI is InChI=1S/C20H21N5O2/c1-25(11-8-15-6-9-21-10-7-15)19(26)16-13-22-20(23-14-16)24-17-4-3-5-18(12-17)27-2/h3-7,9-10,12-14H,8,11H2,1-2H3,(H,22,23,24). The summed E-state index contributed by atoms with van der Waals surface area (Å²) < 4.78 is 5.19. The quantitative estimate of drug-likeness (QED) is 0.695. The number of likely N-dealkylation sites (N-methyl/N-ethyl adjacent to an activating group) is 1. The lowest BCUT2D eigenvalue weighted by Gasteiger charge is -2.17. The molecule has 0 saturated carbocycles. The summed E-state index contributed by atoms with van der Waals surface area (Å²) in [6.07, 6.45) is 7.32. The Bertz CT molecular complexity index is 884. The molecule has 138 valence electrons. The minimum atomic E-state index is -0.114. The van der Waals surface area contributed by atoms with E-state index in [9.17, 15) is 4.79 Å². The molecule has 1 aromatic carbocycles. The van der Waals surface area contributed by atoms with E-state index in [0.29, 0.717) is 18.1 Å². The van der Waals surface area contributed by atoms with Crippen molar-refractivity contribution >= 4 is 17.5 Å². The van der Waals surface area contributed by atoms with Gasteiger partial charge in [-0.15, -0.1) is 0 Å². The van der Waals surface area contributed by atoms with E-state index in [1.54, 1.807) is 31.5 Å². The van der Waals surface area contributed by atoms with Crippen LogP contribution in [-0.4, -0.2) is 46.5 Å². The summed E-state index contributed by atoms with van der Waals surface area (Å²) in [7, 11) is 3.38. The van der Waals surface area contributed by atoms with Crippen LogP contribution in [0.25, 0.3) is 0 Å². The molecule has 27 heavy (non-hydrogen) atoms. The van der Waals surface area contributed by atoms with Gasteiger partial charge < -0.3 is 15.0 Å². The van der Waals surface area contributed by atoms with E-state index in [1.165, 1.54) is 12.4 Å². The lowest BCUT2D eigenvalue weighted by atomic mass is 10.2. The van der Waals surface area contributed by atoms with Gasteiger partial charge in [0.25, 0.3) is 5.91 Å². The largest absolute Gasteiger partial charge is 0.497 e. The molecule has 2 heterocycles. The predicted molar refractivity (Wildman–Crippen MR) is 103 cm³/mol. The van der Waals surface area contributed by atoms with Crippen molar-refractivity contribution in [2.24, 2.45) is 0 Å². The molecule has 0 spiro atoms. The Morgan fingerprint density at radius 3 is 2.59 bits per heavy atom. The van der Waals surface area contributed by atoms with Gasteiger partial charge in [0.2, 0.25) is 5.95 Å². The van der Waals surface area contributed by atoms with Crippen molar-refractivity contribution < 1.29 is 9.53 Å². The maximum Gasteiger partial charge on any atom is 0.256 e. The highest BCUT2D eigenvalue weighted by Crippen LogP contribution is 2.19. The highest BCUT2D eigenvalue weighted by molar-refractivity contribution is 5.93. The summed E-state index contributed by atoms with van der Waals surface area (Å²) in [4.78, 5) is 26.6. The number of ether oxygens (including phenoxy) is 1. The van der Waals surface area contributed by atoms with E-state index in [1.807, 2.05) is 36.4 Å². The number of nitrogens with one attached hydrogen (secondary N) is 1. The molecule has 7 nitrogen and oxygen atoms in total. The van der Waals surface area contributed by atoms with E-state index in [2.05, 4.69) is 20.3 Å². The van der Waals surface area contributed by atoms with Crippen molar-refractivity contribution in [2.75, 3.05) is 26.0 Å². The number of pyridine rings is 1. The Morgan fingerprint density at radius 1 is 1.15 bits per heavy atom. The monoisotopic (exact) mass is 363 g/mol. The molecule has 0 fully saturated rings. The van der Waals surface area contributed by atoms with Crippen molar-refractivity contribution in [2.45, 2.75) is 6.42 Å². The zero-order chi connectivity index (χ0) is 19.1. The van der Waals surface area contributed by atoms with Crippen LogP contribution in [-0.2, 0) is 6.42 Å². The zero-order valence-electron chi connectivity index (χ0n) is 15.3. The molecule has 0 aliphatic rings. The molecule has 0 radical (unpaired) electrons. The van der Waals surface area contributed by atoms with Gasteiger partial charge in [0.15, 0.2) is 0 Å². The molecule has 1 N–H and O–H groups in total. The second-order valence-corrected chi connectivity index (χ2v) is 5.98. The topological polar surface area (TPSA) is 80.2 Å². The molecule has 1 amide bonds. The second-order valence-electron chi connectivity index (χ2n) is 5.98. The van der Waals surface area contributed by atoms with Crippen LogP contribution in [0.15, 0.2) is 61.2 Å². The normalized spacial score (nSPS) is 10.3. The molecule has 0 aliphatic heterocycles. The zero-order valence-corrected chi connectivity index (χ0v) is 15.3. The number of aromatic nitrogens is 3. The Hall–Kier alpha value is -3.48. The van der Waals surface area contributed by atoms with Crippen LogP contribution >= 0.6 is 0 Å². The number of benzene rings is 1. The Labute approximate surface area is 158 Å². The summed E-state index contributed by atoms with van der Waals surface area (Å²) in [5.74, 6) is 1.04. The SMILES string of the molecule is COc1cccc(Nc2ncc(C(=O)N(C)CCc3ccncc3)cn2)c1. The minimum absolute atomic E-state index is 0.114. The maximum absolute atomic E-state index is 12.5. The van der Waals surface area contributed by atoms with Crippen molar-refractivity contribution in [1.82, 2.24) is 19.9 Å². The van der Waals surface area contributed by atoms with Crippen molar-refractivity contribution in [1.29, 1.82) is 0 Å². The van der Waals surface area contributed by atoms with Crippen molar-refractivity contribution in [3.05, 3.63) is 72.3 Å². The van der Waals surface area contributed by atoms with Crippen LogP contribution in [0.3, 0.4) is 0 Å². The molecule has 0 bridgehead atoms. The van der Waals surface area contributed by atoms with Gasteiger partial charge in [0.1, 0.15) is 5.75 Å². The van der Waals surface area contributed by atoms with Crippen LogP contribution in [0, 0.1) is 0 Å². The fourth-order valence-electron chi connectivity index (χ4n) is 2.50. The summed E-state index contributed by atoms with van der Waals surface area (Å²) in [6.45, 7) is 0.604. The number of methoxy groups -OCH3 is 1. The van der Waals surface area contributed by atoms with Crippen LogP contribution in [0.1, 0.15) is 15.9 Å². The lowest BCUT2D eigenvalue weighted by molar-refractivity contribution is 0.0796. The third kappa shape index (κ3) is 5.01. The van der Waals surface area contributed by atoms with Gasteiger partial charge in [-0.05, 0) is 36.2 Å². The number of rotatable bonds is 7. The molecule has 3 rings (SSSR count). The molecular formula is C20H21N5O2. The summed E-state index contributed by atoms with van der Waals surface area (Å²) >= 11 is 0. The highest BCUT2D eigenvalue weighted by Gasteiger charge is 2.13. The minimum Gasteiger partial charge on any atom is -0.497 e. The third-order valence-electron chi connectivity index (χ3n) is 4.06. The van der Waals surface area contributed by atoms with Crippen LogP contribution in [0.2, 0.25) is 0 Å². The molecular weight excluding hydrogens is 342 g/mol. The second kappa shape index (κ2) is 8.75. The fraction of sp³-hybridized carbons (Fsp3) is 0.200. The Kier molecular flexibility index (Phi) is 5.94. The first-order chi connectivity index (χ1) is 13.2. The number of anilines is 2. The first-order valence-electron chi connectivity index (χ1n) is 8.53. The average molecular weight is 363 g/mol. The smallest absolute Gasteiger partial charge is 0.256 e. The van der Waals surface area contributed by atoms with E-state index in [-0.39, 0.29) is 5.91 Å². The molecule has 2 aromatic heterocycles. The van der Waals surface area contributed by atoms with Crippen LogP contribution < -0.4 is 10.1 Å². The average Bonchev–Trinajstić information content (AvgIpc) is 2.73. The fourth-order valence-corrected chi connectivity index (χ4v) is 2.50. The highest BCUT2D eigenvalue weighted by atomic mass is 16.5. The van der Waals surface area contributed by atoms with Gasteiger partial charge in [0, 0.05) is 50.1 Å². The first-order valence-corrected chi connectivity index (χ1v) is 8.53. The van der Waals surface area contributed by atoms with Gasteiger partial charge in [0.05, 0.1) is 12.7 Å². The van der Waals surface area contributed by atoms with Gasteiger partial charge in [-0.2, -0.15) is 0 Å². The Morgan fingerprint density at radius 2 is 1.89 bits per heavy atom.